The molecule has 2 unspecified atom stereocenters. The number of aromatic nitrogens is 2. The number of nitrogens with two attached hydrogens (primary N) is 1. The fraction of sp³-hybridized carbons (Fsp3) is 0.444. The molecule has 8 heteroatoms. The predicted molar refractivity (Wildman–Crippen MR) is 59.5 cm³/mol. The van der Waals surface area contributed by atoms with Crippen molar-refractivity contribution in [1.29, 1.82) is 0 Å². The van der Waals surface area contributed by atoms with E-state index >= 15 is 0 Å². The van der Waals surface area contributed by atoms with Crippen molar-refractivity contribution in [2.45, 2.75) is 12.2 Å². The first-order chi connectivity index (χ1) is 8.01. The number of nitrogens with zero attached hydrogens (tertiary/aromatic N) is 2. The second kappa shape index (κ2) is 5.76. The van der Waals surface area contributed by atoms with Gasteiger partial charge in [0.05, 0.1) is 31.0 Å². The smallest absolute Gasteiger partial charge is 0.360 e. The third-order valence-electron chi connectivity index (χ3n) is 2.02. The zero-order chi connectivity index (χ0) is 13.0. The van der Waals surface area contributed by atoms with Gasteiger partial charge in [-0.3, -0.25) is 0 Å². The number of rotatable bonds is 4. The first-order valence-corrected chi connectivity index (χ1v) is 5.17. The second-order valence-corrected chi connectivity index (χ2v) is 3.50. The average Bonchev–Trinajstić information content (AvgIpc) is 2.36. The van der Waals surface area contributed by atoms with Crippen molar-refractivity contribution < 1.29 is 19.7 Å². The van der Waals surface area contributed by atoms with Crippen LogP contribution in [0.25, 0.3) is 0 Å². The van der Waals surface area contributed by atoms with Gasteiger partial charge in [-0.2, -0.15) is 0 Å². The lowest BCUT2D eigenvalue weighted by molar-refractivity contribution is 0.0293. The van der Waals surface area contributed by atoms with Crippen LogP contribution in [0.2, 0.25) is 0 Å². The molecule has 0 aliphatic heterocycles. The van der Waals surface area contributed by atoms with Gasteiger partial charge in [0.2, 0.25) is 0 Å². The van der Waals surface area contributed by atoms with E-state index in [0.717, 1.165) is 6.20 Å². The number of hydrogen-bond donors (Lipinski definition) is 3. The van der Waals surface area contributed by atoms with Crippen LogP contribution >= 0.6 is 11.6 Å². The Balaban J connectivity index is 3.08. The number of esters is 1. The van der Waals surface area contributed by atoms with Crippen LogP contribution in [0.3, 0.4) is 0 Å². The molecule has 17 heavy (non-hydrogen) atoms. The number of ether oxygens (including phenoxy) is 1. The molecule has 0 spiro atoms. The summed E-state index contributed by atoms with van der Waals surface area (Å²) in [4.78, 5) is 18.7. The number of methoxy groups -OCH3 is 1. The van der Waals surface area contributed by atoms with E-state index in [1.54, 1.807) is 0 Å². The lowest BCUT2D eigenvalue weighted by Crippen LogP contribution is -2.22. The highest BCUT2D eigenvalue weighted by atomic mass is 35.5. The molecule has 0 aromatic carbocycles. The second-order valence-electron chi connectivity index (χ2n) is 3.19. The van der Waals surface area contributed by atoms with Gasteiger partial charge in [-0.25, -0.2) is 14.8 Å². The summed E-state index contributed by atoms with van der Waals surface area (Å²) in [5.74, 6) is -1.07. The molecule has 1 rings (SSSR count). The highest BCUT2D eigenvalue weighted by molar-refractivity contribution is 6.18. The van der Waals surface area contributed by atoms with Crippen LogP contribution in [-0.4, -0.2) is 45.2 Å². The van der Waals surface area contributed by atoms with Gasteiger partial charge in [0.25, 0.3) is 0 Å². The lowest BCUT2D eigenvalue weighted by Gasteiger charge is -2.15. The van der Waals surface area contributed by atoms with Gasteiger partial charge in [0.1, 0.15) is 6.10 Å². The fourth-order valence-corrected chi connectivity index (χ4v) is 1.25. The monoisotopic (exact) mass is 261 g/mol. The van der Waals surface area contributed by atoms with Crippen molar-refractivity contribution >= 4 is 23.4 Å². The molecule has 0 saturated carbocycles. The molecule has 0 saturated heterocycles. The quantitative estimate of drug-likeness (QED) is 0.493. The van der Waals surface area contributed by atoms with Crippen LogP contribution in [-0.2, 0) is 4.74 Å². The van der Waals surface area contributed by atoms with Crippen LogP contribution in [0.15, 0.2) is 6.20 Å². The number of carbonyl (C=O) groups is 1. The number of alkyl halides is 1. The number of carbonyl (C=O) groups excluding carboxylic acids is 1. The maximum atomic E-state index is 11.3. The van der Waals surface area contributed by atoms with E-state index in [1.807, 2.05) is 0 Å². The molecule has 1 heterocycles. The summed E-state index contributed by atoms with van der Waals surface area (Å²) >= 11 is 5.38. The summed E-state index contributed by atoms with van der Waals surface area (Å²) in [5, 5.41) is 19.0. The Morgan fingerprint density at radius 1 is 1.65 bits per heavy atom. The Hall–Kier alpha value is -1.44. The van der Waals surface area contributed by atoms with Crippen LogP contribution in [0.1, 0.15) is 22.3 Å². The average molecular weight is 262 g/mol. The number of halogens is 1. The number of hydrogen-bond acceptors (Lipinski definition) is 7. The highest BCUT2D eigenvalue weighted by Crippen LogP contribution is 2.17. The number of aliphatic hydroxyl groups excluding tert-OH is 2. The molecule has 0 amide bonds. The van der Waals surface area contributed by atoms with Crippen LogP contribution < -0.4 is 5.73 Å². The van der Waals surface area contributed by atoms with Crippen molar-refractivity contribution in [2.24, 2.45) is 0 Å². The Labute approximate surface area is 102 Å². The normalized spacial score (nSPS) is 14.1. The molecular formula is C9H12ClN3O4. The molecule has 7 nitrogen and oxygen atoms in total. The number of aliphatic hydroxyl groups is 2. The summed E-state index contributed by atoms with van der Waals surface area (Å²) < 4.78 is 4.45. The minimum atomic E-state index is -1.34. The van der Waals surface area contributed by atoms with Crippen molar-refractivity contribution in [3.63, 3.8) is 0 Å². The summed E-state index contributed by atoms with van der Waals surface area (Å²) in [6.07, 6.45) is -1.40. The van der Waals surface area contributed by atoms with Gasteiger partial charge in [0.15, 0.2) is 11.5 Å². The molecule has 2 atom stereocenters. The van der Waals surface area contributed by atoms with E-state index in [9.17, 15) is 15.0 Å². The summed E-state index contributed by atoms with van der Waals surface area (Å²) in [5.41, 5.74) is 5.21. The molecule has 4 N–H and O–H groups in total. The van der Waals surface area contributed by atoms with E-state index in [4.69, 9.17) is 17.3 Å². The minimum Gasteiger partial charge on any atom is -0.464 e. The zero-order valence-electron chi connectivity index (χ0n) is 9.00. The molecule has 1 aromatic rings. The van der Waals surface area contributed by atoms with Crippen molar-refractivity contribution in [3.05, 3.63) is 17.6 Å². The van der Waals surface area contributed by atoms with E-state index < -0.39 is 18.2 Å². The largest absolute Gasteiger partial charge is 0.464 e. The Bertz CT molecular complexity index is 415. The maximum Gasteiger partial charge on any atom is 0.360 e. The molecule has 0 aliphatic carbocycles. The van der Waals surface area contributed by atoms with E-state index in [0.29, 0.717) is 0 Å². The van der Waals surface area contributed by atoms with Crippen molar-refractivity contribution in [1.82, 2.24) is 9.97 Å². The van der Waals surface area contributed by atoms with Gasteiger partial charge in [-0.15, -0.1) is 11.6 Å². The van der Waals surface area contributed by atoms with Gasteiger partial charge in [0, 0.05) is 0 Å². The SMILES string of the molecule is COC(=O)c1nc(C(O)C(O)CCl)cnc1N. The molecule has 0 fully saturated rings. The van der Waals surface area contributed by atoms with Crippen LogP contribution in [0.4, 0.5) is 5.82 Å². The van der Waals surface area contributed by atoms with Crippen LogP contribution in [0, 0.1) is 0 Å². The summed E-state index contributed by atoms with van der Waals surface area (Å²) in [7, 11) is 1.17. The third-order valence-corrected chi connectivity index (χ3v) is 2.34. The van der Waals surface area contributed by atoms with E-state index in [-0.39, 0.29) is 23.1 Å². The third kappa shape index (κ3) is 3.02. The first kappa shape index (κ1) is 13.6. The fourth-order valence-electron chi connectivity index (χ4n) is 1.08. The van der Waals surface area contributed by atoms with Crippen molar-refractivity contribution in [3.8, 4) is 0 Å². The van der Waals surface area contributed by atoms with E-state index in [2.05, 4.69) is 14.7 Å². The molecular weight excluding hydrogens is 250 g/mol. The first-order valence-electron chi connectivity index (χ1n) is 4.64. The molecule has 94 valence electrons. The minimum absolute atomic E-state index is 0.00671. The maximum absolute atomic E-state index is 11.3. The Morgan fingerprint density at radius 3 is 2.82 bits per heavy atom. The molecule has 1 aromatic heterocycles. The number of anilines is 1. The lowest BCUT2D eigenvalue weighted by atomic mass is 10.1. The highest BCUT2D eigenvalue weighted by Gasteiger charge is 2.22. The summed E-state index contributed by atoms with van der Waals surface area (Å²) in [6.45, 7) is 0. The summed E-state index contributed by atoms with van der Waals surface area (Å²) in [6, 6.07) is 0. The van der Waals surface area contributed by atoms with Crippen LogP contribution in [0.5, 0.6) is 0 Å². The Morgan fingerprint density at radius 2 is 2.29 bits per heavy atom. The zero-order valence-corrected chi connectivity index (χ0v) is 9.76. The van der Waals surface area contributed by atoms with Gasteiger partial charge >= 0.3 is 5.97 Å². The van der Waals surface area contributed by atoms with Gasteiger partial charge in [-0.1, -0.05) is 0 Å². The van der Waals surface area contributed by atoms with Gasteiger partial charge < -0.3 is 20.7 Å². The predicted octanol–water partition coefficient (Wildman–Crippen LogP) is -0.522. The molecule has 0 radical (unpaired) electrons. The van der Waals surface area contributed by atoms with Crippen molar-refractivity contribution in [2.75, 3.05) is 18.7 Å². The molecule has 0 bridgehead atoms. The Kier molecular flexibility index (Phi) is 4.62. The molecule has 0 aliphatic rings. The standard InChI is InChI=1S/C9H12ClN3O4/c1-17-9(16)6-8(11)12-3-4(13-6)7(15)5(14)2-10/h3,5,7,14-15H,2H2,1H3,(H2,11,12). The van der Waals surface area contributed by atoms with E-state index in [1.165, 1.54) is 7.11 Å². The topological polar surface area (TPSA) is 119 Å². The van der Waals surface area contributed by atoms with Gasteiger partial charge in [-0.05, 0) is 0 Å². The number of nitrogen functional groups attached to an aromatic ring is 1.